The van der Waals surface area contributed by atoms with E-state index in [0.29, 0.717) is 5.65 Å². The molecule has 0 aliphatic carbocycles. The zero-order chi connectivity index (χ0) is 14.2. The lowest BCUT2D eigenvalue weighted by atomic mass is 10.2. The van der Waals surface area contributed by atoms with E-state index in [1.165, 1.54) is 18.1 Å². The second kappa shape index (κ2) is 4.71. The number of anilines is 1. The average Bonchev–Trinajstić information content (AvgIpc) is 2.97. The van der Waals surface area contributed by atoms with Crippen molar-refractivity contribution >= 4 is 39.5 Å². The van der Waals surface area contributed by atoms with Crippen LogP contribution in [0.15, 0.2) is 53.0 Å². The Bertz CT molecular complexity index is 948. The Balaban J connectivity index is 1.77. The summed E-state index contributed by atoms with van der Waals surface area (Å²) in [5.74, 6) is 0. The number of rotatable bonds is 2. The maximum atomic E-state index is 5.77. The van der Waals surface area contributed by atoms with E-state index in [9.17, 15) is 0 Å². The molecule has 0 aliphatic rings. The van der Waals surface area contributed by atoms with Gasteiger partial charge in [-0.1, -0.05) is 6.07 Å². The number of hydrogen-bond acceptors (Lipinski definition) is 6. The molecule has 6 nitrogen and oxygen atoms in total. The second-order valence-electron chi connectivity index (χ2n) is 4.48. The van der Waals surface area contributed by atoms with Crippen LogP contribution in [-0.4, -0.2) is 24.9 Å². The van der Waals surface area contributed by atoms with E-state index in [0.717, 1.165) is 32.2 Å². The van der Waals surface area contributed by atoms with E-state index in [1.54, 1.807) is 6.33 Å². The molecule has 102 valence electrons. The van der Waals surface area contributed by atoms with E-state index >= 15 is 0 Å². The van der Waals surface area contributed by atoms with Crippen molar-refractivity contribution in [1.29, 1.82) is 0 Å². The molecule has 0 atom stereocenters. The molecular weight excluding hydrogens is 284 g/mol. The van der Waals surface area contributed by atoms with Gasteiger partial charge in [-0.25, -0.2) is 19.9 Å². The minimum atomic E-state index is 0.654. The molecule has 0 radical (unpaired) electrons. The summed E-state index contributed by atoms with van der Waals surface area (Å²) in [4.78, 5) is 20.2. The van der Waals surface area contributed by atoms with Crippen molar-refractivity contribution in [3.8, 4) is 0 Å². The first kappa shape index (κ1) is 12.1. The molecule has 4 rings (SSSR count). The largest absolute Gasteiger partial charge is 0.399 e. The van der Waals surface area contributed by atoms with Crippen molar-refractivity contribution < 1.29 is 0 Å². The fourth-order valence-corrected chi connectivity index (χ4v) is 2.93. The minimum Gasteiger partial charge on any atom is -0.399 e. The Labute approximate surface area is 123 Å². The average molecular weight is 294 g/mol. The van der Waals surface area contributed by atoms with Crippen LogP contribution in [0.4, 0.5) is 5.69 Å². The Morgan fingerprint density at radius 1 is 1.05 bits per heavy atom. The van der Waals surface area contributed by atoms with Crippen molar-refractivity contribution in [2.24, 2.45) is 0 Å². The van der Waals surface area contributed by atoms with E-state index in [-0.39, 0.29) is 0 Å². The number of imidazole rings is 1. The van der Waals surface area contributed by atoms with Crippen LogP contribution in [0.5, 0.6) is 0 Å². The molecule has 0 aliphatic heterocycles. The molecule has 0 spiro atoms. The van der Waals surface area contributed by atoms with Crippen molar-refractivity contribution in [2.45, 2.75) is 10.1 Å². The maximum Gasteiger partial charge on any atom is 0.181 e. The standard InChI is InChI=1S/C14H10N6S/c15-9-2-3-10-8(5-9)1-4-11(20-10)21-14-12-13(17-6-16-12)18-7-19-14/h1-7H,15H2,(H,16,17,18,19). The Morgan fingerprint density at radius 2 is 2.00 bits per heavy atom. The molecule has 0 bridgehead atoms. The summed E-state index contributed by atoms with van der Waals surface area (Å²) in [5.41, 5.74) is 8.89. The highest BCUT2D eigenvalue weighted by molar-refractivity contribution is 7.99. The van der Waals surface area contributed by atoms with Gasteiger partial charge in [-0.2, -0.15) is 0 Å². The summed E-state index contributed by atoms with van der Waals surface area (Å²) < 4.78 is 0. The summed E-state index contributed by atoms with van der Waals surface area (Å²) in [5, 5.41) is 2.69. The first-order chi connectivity index (χ1) is 10.3. The summed E-state index contributed by atoms with van der Waals surface area (Å²) in [6, 6.07) is 9.64. The minimum absolute atomic E-state index is 0.654. The van der Waals surface area contributed by atoms with E-state index in [4.69, 9.17) is 5.73 Å². The van der Waals surface area contributed by atoms with Gasteiger partial charge in [0.2, 0.25) is 0 Å². The zero-order valence-corrected chi connectivity index (χ0v) is 11.6. The first-order valence-corrected chi connectivity index (χ1v) is 7.09. The normalized spacial score (nSPS) is 11.2. The Morgan fingerprint density at radius 3 is 2.95 bits per heavy atom. The van der Waals surface area contributed by atoms with Crippen molar-refractivity contribution in [1.82, 2.24) is 24.9 Å². The highest BCUT2D eigenvalue weighted by atomic mass is 32.2. The number of nitrogen functional groups attached to an aromatic ring is 1. The van der Waals surface area contributed by atoms with Crippen LogP contribution in [0.2, 0.25) is 0 Å². The lowest BCUT2D eigenvalue weighted by Crippen LogP contribution is -1.89. The molecule has 3 N–H and O–H groups in total. The number of H-pyrrole nitrogens is 1. The third-order valence-corrected chi connectivity index (χ3v) is 4.02. The van der Waals surface area contributed by atoms with Crippen molar-refractivity contribution in [2.75, 3.05) is 5.73 Å². The SMILES string of the molecule is Nc1ccc2nc(Sc3ncnc4nc[nH]c34)ccc2c1. The van der Waals surface area contributed by atoms with Gasteiger partial charge in [-0.3, -0.25) is 0 Å². The fourth-order valence-electron chi connectivity index (χ4n) is 2.10. The zero-order valence-electron chi connectivity index (χ0n) is 10.8. The number of fused-ring (bicyclic) bond motifs is 2. The van der Waals surface area contributed by atoms with Crippen molar-refractivity contribution in [3.63, 3.8) is 0 Å². The van der Waals surface area contributed by atoms with Gasteiger partial charge in [-0.15, -0.1) is 0 Å². The third-order valence-electron chi connectivity index (χ3n) is 3.08. The Kier molecular flexibility index (Phi) is 2.71. The number of hydrogen-bond donors (Lipinski definition) is 2. The number of nitrogens with one attached hydrogen (secondary N) is 1. The number of benzene rings is 1. The highest BCUT2D eigenvalue weighted by Gasteiger charge is 2.09. The molecule has 3 aromatic heterocycles. The number of nitrogens with zero attached hydrogens (tertiary/aromatic N) is 4. The molecular formula is C14H10N6S. The van der Waals surface area contributed by atoms with E-state index < -0.39 is 0 Å². The van der Waals surface area contributed by atoms with Crippen LogP contribution in [0.3, 0.4) is 0 Å². The van der Waals surface area contributed by atoms with E-state index in [1.807, 2.05) is 30.3 Å². The van der Waals surface area contributed by atoms with Gasteiger partial charge in [0.25, 0.3) is 0 Å². The van der Waals surface area contributed by atoms with Gasteiger partial charge >= 0.3 is 0 Å². The molecule has 0 amide bonds. The van der Waals surface area contributed by atoms with Crippen molar-refractivity contribution in [3.05, 3.63) is 43.0 Å². The van der Waals surface area contributed by atoms with Gasteiger partial charge in [-0.05, 0) is 36.0 Å². The fraction of sp³-hybridized carbons (Fsp3) is 0. The highest BCUT2D eigenvalue weighted by Crippen LogP contribution is 2.29. The number of nitrogens with two attached hydrogens (primary N) is 1. The topological polar surface area (TPSA) is 93.4 Å². The van der Waals surface area contributed by atoms with Crippen LogP contribution in [0.25, 0.3) is 22.1 Å². The number of aromatic nitrogens is 5. The summed E-state index contributed by atoms with van der Waals surface area (Å²) in [7, 11) is 0. The van der Waals surface area contributed by atoms with Gasteiger partial charge in [0, 0.05) is 11.1 Å². The number of aromatic amines is 1. The molecule has 1 aromatic carbocycles. The van der Waals surface area contributed by atoms with Gasteiger partial charge < -0.3 is 10.7 Å². The predicted molar refractivity (Wildman–Crippen MR) is 82.0 cm³/mol. The third kappa shape index (κ3) is 2.17. The lowest BCUT2D eigenvalue weighted by molar-refractivity contribution is 1.08. The molecule has 0 unspecified atom stereocenters. The Hall–Kier alpha value is -2.67. The number of pyridine rings is 1. The molecule has 7 heteroatoms. The summed E-state index contributed by atoms with van der Waals surface area (Å²) in [6.45, 7) is 0. The summed E-state index contributed by atoms with van der Waals surface area (Å²) >= 11 is 1.48. The van der Waals surface area contributed by atoms with Gasteiger partial charge in [0.15, 0.2) is 5.65 Å². The smallest absolute Gasteiger partial charge is 0.181 e. The maximum absolute atomic E-state index is 5.77. The quantitative estimate of drug-likeness (QED) is 0.436. The van der Waals surface area contributed by atoms with E-state index in [2.05, 4.69) is 24.9 Å². The predicted octanol–water partition coefficient (Wildman–Crippen LogP) is 2.63. The lowest BCUT2D eigenvalue weighted by Gasteiger charge is -2.03. The van der Waals surface area contributed by atoms with Crippen LogP contribution in [0, 0.1) is 0 Å². The molecule has 0 fully saturated rings. The van der Waals surface area contributed by atoms with Crippen LogP contribution >= 0.6 is 11.8 Å². The van der Waals surface area contributed by atoms with Crippen LogP contribution < -0.4 is 5.73 Å². The van der Waals surface area contributed by atoms with Crippen LogP contribution in [-0.2, 0) is 0 Å². The first-order valence-electron chi connectivity index (χ1n) is 6.28. The van der Waals surface area contributed by atoms with Gasteiger partial charge in [0.05, 0.1) is 11.8 Å². The summed E-state index contributed by atoms with van der Waals surface area (Å²) in [6.07, 6.45) is 3.12. The molecule has 3 heterocycles. The van der Waals surface area contributed by atoms with Gasteiger partial charge in [0.1, 0.15) is 21.9 Å². The molecule has 4 aromatic rings. The monoisotopic (exact) mass is 294 g/mol. The van der Waals surface area contributed by atoms with Crippen LogP contribution in [0.1, 0.15) is 0 Å². The molecule has 21 heavy (non-hydrogen) atoms. The molecule has 0 saturated heterocycles. The second-order valence-corrected chi connectivity index (χ2v) is 5.49. The molecule has 0 saturated carbocycles.